The number of nitrogens with zero attached hydrogens (tertiary/aromatic N) is 3. The fourth-order valence-electron chi connectivity index (χ4n) is 1.63. The van der Waals surface area contributed by atoms with Crippen LogP contribution in [0.1, 0.15) is 10.4 Å². The molecule has 0 unspecified atom stereocenters. The molecular formula is C11H12BrN3O2. The third-order valence-corrected chi connectivity index (χ3v) is 2.94. The summed E-state index contributed by atoms with van der Waals surface area (Å²) in [5, 5.41) is 6.37. The molecule has 0 N–H and O–H groups in total. The monoisotopic (exact) mass is 297 g/mol. The van der Waals surface area contributed by atoms with Crippen LogP contribution in [0.4, 0.5) is 0 Å². The summed E-state index contributed by atoms with van der Waals surface area (Å²) >= 11 is 3.38. The number of halogens is 1. The van der Waals surface area contributed by atoms with Gasteiger partial charge in [0, 0.05) is 30.2 Å². The van der Waals surface area contributed by atoms with Gasteiger partial charge in [-0.1, -0.05) is 15.9 Å². The Morgan fingerprint density at radius 2 is 2.24 bits per heavy atom. The highest BCUT2D eigenvalue weighted by molar-refractivity contribution is 9.10. The lowest BCUT2D eigenvalue weighted by molar-refractivity contribution is -0.0755. The Bertz CT molecular complexity index is 579. The number of rotatable bonds is 2. The van der Waals surface area contributed by atoms with Gasteiger partial charge in [0.1, 0.15) is 5.52 Å². The molecule has 2 rings (SSSR count). The maximum absolute atomic E-state index is 12.1. The summed E-state index contributed by atoms with van der Waals surface area (Å²) in [5.41, 5.74) is 1.18. The first-order valence-electron chi connectivity index (χ1n) is 4.98. The van der Waals surface area contributed by atoms with E-state index in [1.807, 2.05) is 19.3 Å². The maximum Gasteiger partial charge on any atom is 0.279 e. The first-order valence-corrected chi connectivity index (χ1v) is 5.77. The Labute approximate surface area is 107 Å². The SMILES string of the molecule is CON(C)C(=O)c1cc(Br)cc2cn(C)nc12. The number of amides is 1. The molecule has 1 aromatic carbocycles. The van der Waals surface area contributed by atoms with Crippen molar-refractivity contribution < 1.29 is 9.63 Å². The molecule has 0 fully saturated rings. The van der Waals surface area contributed by atoms with E-state index in [9.17, 15) is 4.79 Å². The molecule has 0 bridgehead atoms. The maximum atomic E-state index is 12.1. The van der Waals surface area contributed by atoms with Crippen molar-refractivity contribution in [3.05, 3.63) is 28.4 Å². The molecule has 0 saturated carbocycles. The topological polar surface area (TPSA) is 47.4 Å². The molecule has 0 aliphatic heterocycles. The third kappa shape index (κ3) is 2.18. The van der Waals surface area contributed by atoms with Gasteiger partial charge in [0.2, 0.25) is 0 Å². The summed E-state index contributed by atoms with van der Waals surface area (Å²) in [4.78, 5) is 17.0. The molecule has 6 heteroatoms. The van der Waals surface area contributed by atoms with E-state index in [1.165, 1.54) is 12.2 Å². The summed E-state index contributed by atoms with van der Waals surface area (Å²) in [6, 6.07) is 3.67. The van der Waals surface area contributed by atoms with Crippen molar-refractivity contribution in [3.8, 4) is 0 Å². The lowest BCUT2D eigenvalue weighted by Crippen LogP contribution is -2.25. The van der Waals surface area contributed by atoms with Crippen molar-refractivity contribution >= 4 is 32.7 Å². The summed E-state index contributed by atoms with van der Waals surface area (Å²) in [6.07, 6.45) is 1.86. The molecule has 1 amide bonds. The zero-order valence-corrected chi connectivity index (χ0v) is 11.4. The smallest absolute Gasteiger partial charge is 0.275 e. The molecule has 0 radical (unpaired) electrons. The molecule has 1 aromatic heterocycles. The Hall–Kier alpha value is -1.40. The van der Waals surface area contributed by atoms with Crippen LogP contribution in [-0.4, -0.2) is 34.9 Å². The molecule has 0 spiro atoms. The summed E-state index contributed by atoms with van der Waals surface area (Å²) in [7, 11) is 4.84. The van der Waals surface area contributed by atoms with Crippen LogP contribution in [-0.2, 0) is 11.9 Å². The number of benzene rings is 1. The van der Waals surface area contributed by atoms with Crippen LogP contribution in [0.5, 0.6) is 0 Å². The first-order chi connectivity index (χ1) is 8.02. The average Bonchev–Trinajstić information content (AvgIpc) is 2.66. The molecule has 0 aliphatic carbocycles. The van der Waals surface area contributed by atoms with Gasteiger partial charge in [-0.3, -0.25) is 14.3 Å². The van der Waals surface area contributed by atoms with Crippen molar-refractivity contribution in [2.75, 3.05) is 14.2 Å². The highest BCUT2D eigenvalue weighted by atomic mass is 79.9. The first kappa shape index (κ1) is 12.1. The van der Waals surface area contributed by atoms with Crippen LogP contribution in [0.15, 0.2) is 22.8 Å². The molecule has 1 heterocycles. The molecule has 0 saturated heterocycles. The van der Waals surface area contributed by atoms with Crippen molar-refractivity contribution in [2.45, 2.75) is 0 Å². The van der Waals surface area contributed by atoms with E-state index in [1.54, 1.807) is 17.8 Å². The number of hydrogen-bond acceptors (Lipinski definition) is 3. The van der Waals surface area contributed by atoms with Gasteiger partial charge >= 0.3 is 0 Å². The predicted molar refractivity (Wildman–Crippen MR) is 67.5 cm³/mol. The summed E-state index contributed by atoms with van der Waals surface area (Å²) in [5.74, 6) is -0.225. The zero-order valence-electron chi connectivity index (χ0n) is 9.77. The number of carbonyl (C=O) groups excluding carboxylic acids is 1. The molecule has 0 aliphatic rings. The van der Waals surface area contributed by atoms with Gasteiger partial charge in [-0.05, 0) is 12.1 Å². The number of aromatic nitrogens is 2. The third-order valence-electron chi connectivity index (χ3n) is 2.48. The number of fused-ring (bicyclic) bond motifs is 1. The number of hydroxylamine groups is 2. The van der Waals surface area contributed by atoms with Crippen molar-refractivity contribution in [1.82, 2.24) is 14.8 Å². The number of carbonyl (C=O) groups is 1. The fourth-order valence-corrected chi connectivity index (χ4v) is 2.11. The van der Waals surface area contributed by atoms with Gasteiger partial charge in [0.05, 0.1) is 12.7 Å². The van der Waals surface area contributed by atoms with Crippen LogP contribution >= 0.6 is 15.9 Å². The van der Waals surface area contributed by atoms with Gasteiger partial charge in [-0.25, -0.2) is 5.06 Å². The van der Waals surface area contributed by atoms with E-state index in [2.05, 4.69) is 21.0 Å². The van der Waals surface area contributed by atoms with Crippen LogP contribution in [0, 0.1) is 0 Å². The summed E-state index contributed by atoms with van der Waals surface area (Å²) in [6.45, 7) is 0. The Morgan fingerprint density at radius 1 is 1.53 bits per heavy atom. The molecule has 17 heavy (non-hydrogen) atoms. The lowest BCUT2D eigenvalue weighted by Gasteiger charge is -2.13. The van der Waals surface area contributed by atoms with E-state index in [4.69, 9.17) is 4.84 Å². The summed E-state index contributed by atoms with van der Waals surface area (Å²) < 4.78 is 2.52. The van der Waals surface area contributed by atoms with E-state index in [-0.39, 0.29) is 5.91 Å². The Kier molecular flexibility index (Phi) is 3.17. The molecule has 2 aromatic rings. The highest BCUT2D eigenvalue weighted by Crippen LogP contribution is 2.24. The van der Waals surface area contributed by atoms with Crippen molar-refractivity contribution in [3.63, 3.8) is 0 Å². The quantitative estimate of drug-likeness (QED) is 0.796. The van der Waals surface area contributed by atoms with Gasteiger partial charge in [0.25, 0.3) is 5.91 Å². The van der Waals surface area contributed by atoms with Gasteiger partial charge in [-0.15, -0.1) is 0 Å². The van der Waals surface area contributed by atoms with Crippen molar-refractivity contribution in [1.29, 1.82) is 0 Å². The second kappa shape index (κ2) is 4.46. The molecular weight excluding hydrogens is 286 g/mol. The lowest BCUT2D eigenvalue weighted by atomic mass is 10.1. The predicted octanol–water partition coefficient (Wildman–Crippen LogP) is 1.97. The van der Waals surface area contributed by atoms with E-state index in [0.29, 0.717) is 11.1 Å². The Morgan fingerprint density at radius 3 is 2.88 bits per heavy atom. The second-order valence-electron chi connectivity index (χ2n) is 3.68. The molecule has 5 nitrogen and oxygen atoms in total. The highest BCUT2D eigenvalue weighted by Gasteiger charge is 2.17. The number of aryl methyl sites for hydroxylation is 1. The minimum atomic E-state index is -0.225. The van der Waals surface area contributed by atoms with Crippen LogP contribution < -0.4 is 0 Å². The standard InChI is InChI=1S/C11H12BrN3O2/c1-14-6-7-4-8(12)5-9(10(7)13-14)11(16)15(2)17-3/h4-6H,1-3H3. The minimum Gasteiger partial charge on any atom is -0.275 e. The largest absolute Gasteiger partial charge is 0.279 e. The van der Waals surface area contributed by atoms with E-state index < -0.39 is 0 Å². The van der Waals surface area contributed by atoms with Gasteiger partial charge in [0.15, 0.2) is 0 Å². The average molecular weight is 298 g/mol. The number of hydrogen-bond donors (Lipinski definition) is 0. The fraction of sp³-hybridized carbons (Fsp3) is 0.273. The zero-order chi connectivity index (χ0) is 12.6. The Balaban J connectivity index is 2.63. The van der Waals surface area contributed by atoms with Crippen LogP contribution in [0.2, 0.25) is 0 Å². The van der Waals surface area contributed by atoms with Gasteiger partial charge in [-0.2, -0.15) is 5.10 Å². The van der Waals surface area contributed by atoms with E-state index in [0.717, 1.165) is 9.86 Å². The molecule has 90 valence electrons. The minimum absolute atomic E-state index is 0.225. The molecule has 0 atom stereocenters. The van der Waals surface area contributed by atoms with Crippen molar-refractivity contribution in [2.24, 2.45) is 7.05 Å². The second-order valence-corrected chi connectivity index (χ2v) is 4.59. The van der Waals surface area contributed by atoms with Crippen LogP contribution in [0.3, 0.4) is 0 Å². The van der Waals surface area contributed by atoms with Gasteiger partial charge < -0.3 is 0 Å². The normalized spacial score (nSPS) is 10.8. The van der Waals surface area contributed by atoms with E-state index >= 15 is 0 Å². The van der Waals surface area contributed by atoms with Crippen LogP contribution in [0.25, 0.3) is 10.9 Å².